The summed E-state index contributed by atoms with van der Waals surface area (Å²) in [6.45, 7) is 4.68. The van der Waals surface area contributed by atoms with Gasteiger partial charge >= 0.3 is 17.4 Å². The fraction of sp³-hybridized carbons (Fsp3) is 0.500. The summed E-state index contributed by atoms with van der Waals surface area (Å²) in [5.41, 5.74) is 0. The molecule has 0 aliphatic heterocycles. The summed E-state index contributed by atoms with van der Waals surface area (Å²) in [4.78, 5) is 91.1. The second-order valence-corrected chi connectivity index (χ2v) is 5.34. The standard InChI is InChI=1S/3C6H8O4.Al/c3*1-2-4(7)3-5(8)6(9)10;/h3*2-3H2,1H3,(H,9,10);/q;;;+3/p-3. The molecule has 0 aromatic heterocycles. The van der Waals surface area contributed by atoms with E-state index in [9.17, 15) is 58.5 Å². The zero-order valence-corrected chi connectivity index (χ0v) is 18.4. The number of hydrogen-bond acceptors (Lipinski definition) is 12. The molecule has 0 spiro atoms. The van der Waals surface area contributed by atoms with Crippen LogP contribution in [0.2, 0.25) is 0 Å². The number of ketones is 6. The third kappa shape index (κ3) is 23.1. The van der Waals surface area contributed by atoms with Crippen LogP contribution in [0.15, 0.2) is 0 Å². The predicted octanol–water partition coefficient (Wildman–Crippen LogP) is -4.36. The van der Waals surface area contributed by atoms with E-state index in [1.54, 1.807) is 20.8 Å². The first-order valence-electron chi connectivity index (χ1n) is 8.50. The largest absolute Gasteiger partial charge is 3.00 e. The first kappa shape index (κ1) is 35.4. The Morgan fingerprint density at radius 1 is 0.452 bits per heavy atom. The Morgan fingerprint density at radius 2 is 0.613 bits per heavy atom. The number of hydrogen-bond donors (Lipinski definition) is 0. The Bertz CT molecular complexity index is 613. The molecule has 0 aliphatic rings. The molecule has 0 aromatic rings. The van der Waals surface area contributed by atoms with Crippen LogP contribution in [0.5, 0.6) is 0 Å². The van der Waals surface area contributed by atoms with Gasteiger partial charge in [-0.25, -0.2) is 0 Å². The number of carboxylic acid groups (broad SMARTS) is 3. The van der Waals surface area contributed by atoms with Crippen LogP contribution in [0, 0.1) is 0 Å². The van der Waals surface area contributed by atoms with Crippen LogP contribution in [0.25, 0.3) is 0 Å². The van der Waals surface area contributed by atoms with Crippen molar-refractivity contribution in [3.05, 3.63) is 0 Å². The summed E-state index contributed by atoms with van der Waals surface area (Å²) in [7, 11) is 0. The number of carboxylic acids is 3. The Labute approximate surface area is 188 Å². The first-order valence-corrected chi connectivity index (χ1v) is 8.50. The van der Waals surface area contributed by atoms with E-state index >= 15 is 0 Å². The number of rotatable bonds is 12. The van der Waals surface area contributed by atoms with Gasteiger partial charge in [-0.3, -0.25) is 28.8 Å². The van der Waals surface area contributed by atoms with Crippen LogP contribution in [0.3, 0.4) is 0 Å². The fourth-order valence-electron chi connectivity index (χ4n) is 1.13. The molecule has 0 saturated carbocycles. The number of aliphatic carboxylic acids is 3. The second-order valence-electron chi connectivity index (χ2n) is 5.34. The number of carbonyl (C=O) groups is 9. The van der Waals surface area contributed by atoms with Gasteiger partial charge in [0.25, 0.3) is 0 Å². The number of Topliss-reactive ketones (excluding diaryl/α,β-unsaturated/α-hetero) is 6. The molecule has 13 heteroatoms. The van der Waals surface area contributed by atoms with E-state index in [0.717, 1.165) is 0 Å². The molecule has 0 rings (SSSR count). The summed E-state index contributed by atoms with van der Waals surface area (Å²) >= 11 is 0. The Hall–Kier alpha value is -3.04. The van der Waals surface area contributed by atoms with Crippen molar-refractivity contribution in [1.82, 2.24) is 0 Å². The van der Waals surface area contributed by atoms with Crippen LogP contribution < -0.4 is 15.3 Å². The summed E-state index contributed by atoms with van der Waals surface area (Å²) in [6.07, 6.45) is -1.09. The van der Waals surface area contributed by atoms with Crippen molar-refractivity contribution in [2.24, 2.45) is 0 Å². The Kier molecular flexibility index (Phi) is 23.1. The predicted molar refractivity (Wildman–Crippen MR) is 95.5 cm³/mol. The minimum absolute atomic E-state index is 0. The molecule has 0 heterocycles. The van der Waals surface area contributed by atoms with Crippen molar-refractivity contribution in [2.75, 3.05) is 0 Å². The molecule has 0 amide bonds. The minimum atomic E-state index is -1.79. The smallest absolute Gasteiger partial charge is 0.542 e. The van der Waals surface area contributed by atoms with E-state index in [1.165, 1.54) is 0 Å². The van der Waals surface area contributed by atoms with Crippen molar-refractivity contribution in [3.8, 4) is 0 Å². The fourth-order valence-corrected chi connectivity index (χ4v) is 1.13. The maximum Gasteiger partial charge on any atom is 3.00 e. The zero-order chi connectivity index (χ0) is 24.4. The van der Waals surface area contributed by atoms with Crippen molar-refractivity contribution in [3.63, 3.8) is 0 Å². The molecule has 0 aromatic carbocycles. The zero-order valence-electron chi connectivity index (χ0n) is 17.2. The molecule has 0 atom stereocenters. The third-order valence-corrected chi connectivity index (χ3v) is 2.94. The summed E-state index contributed by atoms with van der Waals surface area (Å²) in [5.74, 6) is -9.95. The van der Waals surface area contributed by atoms with Crippen molar-refractivity contribution >= 4 is 70.0 Å². The normalized spacial score (nSPS) is 8.61. The van der Waals surface area contributed by atoms with E-state index in [2.05, 4.69) is 0 Å². The monoisotopic (exact) mass is 456 g/mol. The maximum absolute atomic E-state index is 10.4. The summed E-state index contributed by atoms with van der Waals surface area (Å²) in [6, 6.07) is 0. The van der Waals surface area contributed by atoms with E-state index in [-0.39, 0.29) is 54.0 Å². The molecular formula is C18H21AlO12. The second kappa shape index (κ2) is 20.2. The summed E-state index contributed by atoms with van der Waals surface area (Å²) in [5, 5.41) is 29.2. The van der Waals surface area contributed by atoms with Gasteiger partial charge in [0.2, 0.25) is 0 Å². The Morgan fingerprint density at radius 3 is 0.710 bits per heavy atom. The summed E-state index contributed by atoms with van der Waals surface area (Å²) < 4.78 is 0. The first-order chi connectivity index (χ1) is 13.7. The van der Waals surface area contributed by atoms with Crippen molar-refractivity contribution in [1.29, 1.82) is 0 Å². The molecule has 31 heavy (non-hydrogen) atoms. The van der Waals surface area contributed by atoms with Crippen LogP contribution in [-0.2, 0) is 43.2 Å². The SMILES string of the molecule is CCC(=O)CC(=O)C(=O)[O-].CCC(=O)CC(=O)C(=O)[O-].CCC(=O)CC(=O)C(=O)[O-].[Al+3]. The topological polar surface area (TPSA) is 223 Å². The van der Waals surface area contributed by atoms with E-state index < -0.39 is 54.5 Å². The quantitative estimate of drug-likeness (QED) is 0.154. The van der Waals surface area contributed by atoms with Gasteiger partial charge in [0.1, 0.15) is 35.3 Å². The molecule has 0 unspecified atom stereocenters. The van der Waals surface area contributed by atoms with Gasteiger partial charge in [-0.05, 0) is 0 Å². The molecule has 168 valence electrons. The molecule has 0 bridgehead atoms. The molecule has 0 aliphatic carbocycles. The molecule has 0 saturated heterocycles. The third-order valence-electron chi connectivity index (χ3n) is 2.94. The average Bonchev–Trinajstić information content (AvgIpc) is 2.67. The van der Waals surface area contributed by atoms with E-state index in [4.69, 9.17) is 0 Å². The van der Waals surface area contributed by atoms with Gasteiger partial charge in [0, 0.05) is 19.3 Å². The molecule has 0 N–H and O–H groups in total. The molecule has 0 fully saturated rings. The van der Waals surface area contributed by atoms with Gasteiger partial charge in [-0.1, -0.05) is 20.8 Å². The van der Waals surface area contributed by atoms with Gasteiger partial charge in [-0.2, -0.15) is 0 Å². The van der Waals surface area contributed by atoms with E-state index in [0.29, 0.717) is 0 Å². The Balaban J connectivity index is -0.000000174. The molecule has 12 nitrogen and oxygen atoms in total. The van der Waals surface area contributed by atoms with Crippen LogP contribution in [0.1, 0.15) is 59.3 Å². The maximum atomic E-state index is 10.4. The molecular weight excluding hydrogens is 435 g/mol. The van der Waals surface area contributed by atoms with Gasteiger partial charge in [0.05, 0.1) is 19.3 Å². The van der Waals surface area contributed by atoms with E-state index in [1.807, 2.05) is 0 Å². The average molecular weight is 456 g/mol. The number of carbonyl (C=O) groups excluding carboxylic acids is 9. The van der Waals surface area contributed by atoms with Gasteiger partial charge in [0.15, 0.2) is 17.3 Å². The van der Waals surface area contributed by atoms with Crippen LogP contribution in [-0.4, -0.2) is 70.0 Å². The van der Waals surface area contributed by atoms with Gasteiger partial charge < -0.3 is 29.7 Å². The van der Waals surface area contributed by atoms with Crippen LogP contribution in [0.4, 0.5) is 0 Å². The van der Waals surface area contributed by atoms with Crippen LogP contribution >= 0.6 is 0 Å². The van der Waals surface area contributed by atoms with Crippen molar-refractivity contribution < 1.29 is 58.5 Å². The molecule has 0 radical (unpaired) electrons. The van der Waals surface area contributed by atoms with Gasteiger partial charge in [-0.15, -0.1) is 0 Å². The minimum Gasteiger partial charge on any atom is -0.542 e. The van der Waals surface area contributed by atoms with Crippen molar-refractivity contribution in [2.45, 2.75) is 59.3 Å².